The molecule has 1 heterocycles. The van der Waals surface area contributed by atoms with Crippen molar-refractivity contribution in [2.24, 2.45) is 0 Å². The third-order valence-electron chi connectivity index (χ3n) is 2.96. The number of benzene rings is 1. The van der Waals surface area contributed by atoms with Gasteiger partial charge < -0.3 is 15.4 Å². The summed E-state index contributed by atoms with van der Waals surface area (Å²) in [5.74, 6) is 0.593. The normalized spacial score (nSPS) is 11.8. The van der Waals surface area contributed by atoms with Gasteiger partial charge in [0.1, 0.15) is 11.4 Å². The van der Waals surface area contributed by atoms with Crippen molar-refractivity contribution in [2.75, 3.05) is 5.73 Å². The fraction of sp³-hybridized carbons (Fsp3) is 0.357. The number of nitrogen functional groups attached to an aromatic ring is 1. The third-order valence-corrected chi connectivity index (χ3v) is 2.96. The van der Waals surface area contributed by atoms with E-state index in [0.29, 0.717) is 11.4 Å². The average molecular weight is 246 g/mol. The van der Waals surface area contributed by atoms with E-state index in [2.05, 4.69) is 25.9 Å². The highest BCUT2D eigenvalue weighted by atomic mass is 16.5. The third kappa shape index (κ3) is 2.18. The van der Waals surface area contributed by atoms with Crippen molar-refractivity contribution in [3.05, 3.63) is 29.3 Å². The van der Waals surface area contributed by atoms with E-state index in [-0.39, 0.29) is 11.3 Å². The lowest BCUT2D eigenvalue weighted by atomic mass is 9.84. The van der Waals surface area contributed by atoms with Gasteiger partial charge >= 0.3 is 0 Å². The Balaban J connectivity index is 2.62. The second-order valence-electron chi connectivity index (χ2n) is 5.55. The maximum Gasteiger partial charge on any atom is 0.222 e. The predicted octanol–water partition coefficient (Wildman–Crippen LogP) is 3.24. The van der Waals surface area contributed by atoms with Crippen LogP contribution in [0.5, 0.6) is 5.75 Å². The first-order valence-corrected chi connectivity index (χ1v) is 5.85. The Bertz CT molecular complexity index is 580. The van der Waals surface area contributed by atoms with E-state index in [1.165, 1.54) is 0 Å². The Morgan fingerprint density at radius 3 is 2.39 bits per heavy atom. The molecule has 0 saturated heterocycles. The molecule has 4 heteroatoms. The molecule has 0 spiro atoms. The summed E-state index contributed by atoms with van der Waals surface area (Å²) in [4.78, 5) is 0. The topological polar surface area (TPSA) is 72.3 Å². The standard InChI is InChI=1S/C14H18N2O2/c1-8-5-12(17)10(14(2,3)4)6-9(8)11-7-13(15)18-16-11/h5-7,17H,15H2,1-4H3. The van der Waals surface area contributed by atoms with Crippen molar-refractivity contribution >= 4 is 5.88 Å². The fourth-order valence-corrected chi connectivity index (χ4v) is 1.99. The summed E-state index contributed by atoms with van der Waals surface area (Å²) in [5, 5.41) is 14.0. The van der Waals surface area contributed by atoms with Gasteiger partial charge in [-0.3, -0.25) is 0 Å². The minimum absolute atomic E-state index is 0.137. The number of nitrogens with zero attached hydrogens (tertiary/aromatic N) is 1. The van der Waals surface area contributed by atoms with Crippen LogP contribution < -0.4 is 5.73 Å². The Labute approximate surface area is 106 Å². The lowest BCUT2D eigenvalue weighted by Gasteiger charge is -2.21. The number of hydrogen-bond donors (Lipinski definition) is 2. The van der Waals surface area contributed by atoms with Gasteiger partial charge in [-0.2, -0.15) is 0 Å². The molecule has 2 aromatic rings. The molecule has 2 rings (SSSR count). The second kappa shape index (κ2) is 4.05. The summed E-state index contributed by atoms with van der Waals surface area (Å²) in [7, 11) is 0. The number of phenols is 1. The first-order chi connectivity index (χ1) is 8.29. The molecule has 0 atom stereocenters. The first-order valence-electron chi connectivity index (χ1n) is 5.85. The van der Waals surface area contributed by atoms with Crippen molar-refractivity contribution in [2.45, 2.75) is 33.1 Å². The highest BCUT2D eigenvalue weighted by Gasteiger charge is 2.20. The number of anilines is 1. The number of phenolic OH excluding ortho intramolecular Hbond substituents is 1. The Morgan fingerprint density at radius 2 is 1.89 bits per heavy atom. The van der Waals surface area contributed by atoms with Crippen LogP contribution >= 0.6 is 0 Å². The zero-order valence-electron chi connectivity index (χ0n) is 11.1. The van der Waals surface area contributed by atoms with Crippen LogP contribution in [0.15, 0.2) is 22.7 Å². The number of aromatic nitrogens is 1. The van der Waals surface area contributed by atoms with Crippen LogP contribution in [0.4, 0.5) is 5.88 Å². The van der Waals surface area contributed by atoms with Crippen LogP contribution in [0.2, 0.25) is 0 Å². The molecule has 1 aromatic heterocycles. The van der Waals surface area contributed by atoms with Crippen molar-refractivity contribution in [3.63, 3.8) is 0 Å². The Morgan fingerprint density at radius 1 is 1.22 bits per heavy atom. The van der Waals surface area contributed by atoms with E-state index >= 15 is 0 Å². The van der Waals surface area contributed by atoms with Gasteiger partial charge in [0.25, 0.3) is 0 Å². The zero-order valence-corrected chi connectivity index (χ0v) is 11.1. The largest absolute Gasteiger partial charge is 0.508 e. The van der Waals surface area contributed by atoms with Crippen LogP contribution in [-0.2, 0) is 5.41 Å². The molecule has 96 valence electrons. The minimum atomic E-state index is -0.137. The molecule has 4 nitrogen and oxygen atoms in total. The summed E-state index contributed by atoms with van der Waals surface area (Å²) < 4.78 is 4.89. The summed E-state index contributed by atoms with van der Waals surface area (Å²) in [6.07, 6.45) is 0. The van der Waals surface area contributed by atoms with Crippen LogP contribution in [0.25, 0.3) is 11.3 Å². The van der Waals surface area contributed by atoms with Crippen LogP contribution in [0.1, 0.15) is 31.9 Å². The quantitative estimate of drug-likeness (QED) is 0.810. The van der Waals surface area contributed by atoms with Gasteiger partial charge in [-0.05, 0) is 35.6 Å². The van der Waals surface area contributed by atoms with Crippen molar-refractivity contribution < 1.29 is 9.63 Å². The number of nitrogens with two attached hydrogens (primary N) is 1. The summed E-state index contributed by atoms with van der Waals surface area (Å²) in [6, 6.07) is 5.38. The van der Waals surface area contributed by atoms with E-state index in [9.17, 15) is 5.11 Å². The molecule has 0 unspecified atom stereocenters. The molecule has 0 radical (unpaired) electrons. The number of aromatic hydroxyl groups is 1. The molecule has 0 aliphatic rings. The molecule has 3 N–H and O–H groups in total. The van der Waals surface area contributed by atoms with E-state index in [4.69, 9.17) is 10.3 Å². The number of hydrogen-bond acceptors (Lipinski definition) is 4. The van der Waals surface area contributed by atoms with Crippen LogP contribution in [-0.4, -0.2) is 10.3 Å². The first kappa shape index (κ1) is 12.5. The van der Waals surface area contributed by atoms with Gasteiger partial charge in [-0.25, -0.2) is 0 Å². The van der Waals surface area contributed by atoms with Gasteiger partial charge in [-0.1, -0.05) is 25.9 Å². The molecule has 0 bridgehead atoms. The fourth-order valence-electron chi connectivity index (χ4n) is 1.99. The number of aryl methyl sites for hydroxylation is 1. The van der Waals surface area contributed by atoms with Crippen molar-refractivity contribution in [3.8, 4) is 17.0 Å². The van der Waals surface area contributed by atoms with Crippen LogP contribution in [0, 0.1) is 6.92 Å². The molecular weight excluding hydrogens is 228 g/mol. The summed E-state index contributed by atoms with van der Waals surface area (Å²) in [5.41, 5.74) is 8.84. The Hall–Kier alpha value is -1.97. The minimum Gasteiger partial charge on any atom is -0.508 e. The molecule has 0 fully saturated rings. The smallest absolute Gasteiger partial charge is 0.222 e. The lowest BCUT2D eigenvalue weighted by Crippen LogP contribution is -2.11. The molecule has 0 saturated carbocycles. The molecule has 0 amide bonds. The highest BCUT2D eigenvalue weighted by Crippen LogP contribution is 2.36. The maximum absolute atomic E-state index is 10.0. The van der Waals surface area contributed by atoms with E-state index in [1.807, 2.05) is 13.0 Å². The van der Waals surface area contributed by atoms with E-state index < -0.39 is 0 Å². The predicted molar refractivity (Wildman–Crippen MR) is 71.5 cm³/mol. The average Bonchev–Trinajstić information content (AvgIpc) is 2.62. The molecule has 0 aliphatic carbocycles. The molecular formula is C14H18N2O2. The molecule has 18 heavy (non-hydrogen) atoms. The molecule has 1 aromatic carbocycles. The summed E-state index contributed by atoms with van der Waals surface area (Å²) in [6.45, 7) is 8.08. The van der Waals surface area contributed by atoms with Gasteiger partial charge in [0.15, 0.2) is 0 Å². The monoisotopic (exact) mass is 246 g/mol. The van der Waals surface area contributed by atoms with Gasteiger partial charge in [-0.15, -0.1) is 0 Å². The maximum atomic E-state index is 10.0. The van der Waals surface area contributed by atoms with Gasteiger partial charge in [0, 0.05) is 11.6 Å². The number of rotatable bonds is 1. The molecule has 0 aliphatic heterocycles. The Kier molecular flexibility index (Phi) is 2.81. The van der Waals surface area contributed by atoms with Crippen molar-refractivity contribution in [1.82, 2.24) is 5.16 Å². The van der Waals surface area contributed by atoms with Crippen LogP contribution in [0.3, 0.4) is 0 Å². The zero-order chi connectivity index (χ0) is 13.5. The second-order valence-corrected chi connectivity index (χ2v) is 5.55. The lowest BCUT2D eigenvalue weighted by molar-refractivity contribution is 0.438. The van der Waals surface area contributed by atoms with E-state index in [0.717, 1.165) is 16.7 Å². The van der Waals surface area contributed by atoms with Gasteiger partial charge in [0.2, 0.25) is 5.88 Å². The van der Waals surface area contributed by atoms with E-state index in [1.54, 1.807) is 12.1 Å². The van der Waals surface area contributed by atoms with Gasteiger partial charge in [0.05, 0.1) is 0 Å². The van der Waals surface area contributed by atoms with Crippen molar-refractivity contribution in [1.29, 1.82) is 0 Å². The summed E-state index contributed by atoms with van der Waals surface area (Å²) >= 11 is 0. The highest BCUT2D eigenvalue weighted by molar-refractivity contribution is 5.68. The SMILES string of the molecule is Cc1cc(O)c(C(C)(C)C)cc1-c1cc(N)on1.